The van der Waals surface area contributed by atoms with Gasteiger partial charge in [0.25, 0.3) is 5.91 Å². The first-order valence-corrected chi connectivity index (χ1v) is 15.3. The summed E-state index contributed by atoms with van der Waals surface area (Å²) in [5.41, 5.74) is 1.59. The van der Waals surface area contributed by atoms with Crippen LogP contribution in [0.3, 0.4) is 0 Å². The number of alkyl halides is 3. The molecule has 236 valence electrons. The Bertz CT molecular complexity index is 1430. The summed E-state index contributed by atoms with van der Waals surface area (Å²) >= 11 is 1.17. The number of hydrogen-bond donors (Lipinski definition) is 3. The van der Waals surface area contributed by atoms with Crippen molar-refractivity contribution in [1.82, 2.24) is 24.9 Å². The van der Waals surface area contributed by atoms with Crippen LogP contribution in [0, 0.1) is 18.3 Å². The number of aliphatic hydroxyl groups is 1. The maximum atomic E-state index is 13.7. The van der Waals surface area contributed by atoms with Gasteiger partial charge in [0.1, 0.15) is 49.2 Å². The van der Waals surface area contributed by atoms with Crippen molar-refractivity contribution < 1.29 is 27.8 Å². The SMILES string of the molecule is BC(B)(O)C1CN(c2nc(N3C=CC(OCC(C)(C)C(F)(F)F)N3)ccc2C(=O)NSc2cn(C)nc2C)C(C)(C)C1(B)B. The van der Waals surface area contributed by atoms with Gasteiger partial charge < -0.3 is 14.7 Å². The van der Waals surface area contributed by atoms with Gasteiger partial charge in [0.05, 0.1) is 28.2 Å². The highest BCUT2D eigenvalue weighted by Gasteiger charge is 2.57. The van der Waals surface area contributed by atoms with Gasteiger partial charge in [-0.05, 0) is 70.7 Å². The molecule has 0 aliphatic carbocycles. The predicted molar refractivity (Wildman–Crippen MR) is 177 cm³/mol. The van der Waals surface area contributed by atoms with E-state index in [-0.39, 0.29) is 17.0 Å². The van der Waals surface area contributed by atoms with Crippen molar-refractivity contribution in [2.45, 2.75) is 68.1 Å². The van der Waals surface area contributed by atoms with Crippen LogP contribution in [0.5, 0.6) is 0 Å². The van der Waals surface area contributed by atoms with Crippen LogP contribution in [-0.4, -0.2) is 93.7 Å². The number of ether oxygens (including phenoxy) is 1. The van der Waals surface area contributed by atoms with Crippen LogP contribution in [0.25, 0.3) is 0 Å². The lowest BCUT2D eigenvalue weighted by Gasteiger charge is -2.45. The number of anilines is 2. The van der Waals surface area contributed by atoms with Gasteiger partial charge in [-0.1, -0.05) is 5.21 Å². The fourth-order valence-electron chi connectivity index (χ4n) is 5.66. The van der Waals surface area contributed by atoms with E-state index in [0.29, 0.717) is 23.7 Å². The topological polar surface area (TPSA) is 108 Å². The predicted octanol–water partition coefficient (Wildman–Crippen LogP) is -0.160. The second-order valence-corrected chi connectivity index (χ2v) is 14.7. The molecule has 2 aliphatic heterocycles. The van der Waals surface area contributed by atoms with Crippen molar-refractivity contribution in [3.05, 3.63) is 41.9 Å². The number of aromatic nitrogens is 3. The third kappa shape index (κ3) is 6.54. The molecule has 2 unspecified atom stereocenters. The summed E-state index contributed by atoms with van der Waals surface area (Å²) < 4.78 is 50.1. The number of amides is 1. The van der Waals surface area contributed by atoms with E-state index in [1.165, 1.54) is 11.9 Å². The molecule has 2 aromatic heterocycles. The number of nitrogens with one attached hydrogen (secondary N) is 2. The van der Waals surface area contributed by atoms with Crippen molar-refractivity contribution in [3.63, 3.8) is 0 Å². The molecule has 0 bridgehead atoms. The first-order chi connectivity index (χ1) is 20.1. The number of carbonyl (C=O) groups is 1. The second-order valence-electron chi connectivity index (χ2n) is 13.9. The monoisotopic (exact) mass is 631 g/mol. The average Bonchev–Trinajstić information content (AvgIpc) is 3.54. The van der Waals surface area contributed by atoms with Crippen LogP contribution in [0.15, 0.2) is 35.5 Å². The molecule has 1 amide bonds. The summed E-state index contributed by atoms with van der Waals surface area (Å²) in [7, 11) is 9.61. The lowest BCUT2D eigenvalue weighted by molar-refractivity contribution is -0.230. The maximum Gasteiger partial charge on any atom is 0.396 e. The minimum atomic E-state index is -4.41. The minimum Gasteiger partial charge on any atom is -0.407 e. The van der Waals surface area contributed by atoms with Crippen LogP contribution in [0.1, 0.15) is 43.7 Å². The molecule has 0 aromatic carbocycles. The van der Waals surface area contributed by atoms with E-state index in [4.69, 9.17) is 9.72 Å². The number of pyridine rings is 1. The highest BCUT2D eigenvalue weighted by Crippen LogP contribution is 2.54. The fraction of sp³-hybridized carbons (Fsp3) is 0.577. The first kappa shape index (κ1) is 34.3. The highest BCUT2D eigenvalue weighted by atomic mass is 32.2. The minimum absolute atomic E-state index is 0.154. The van der Waals surface area contributed by atoms with Gasteiger partial charge in [0.2, 0.25) is 0 Å². The van der Waals surface area contributed by atoms with Crippen molar-refractivity contribution in [3.8, 4) is 0 Å². The summed E-state index contributed by atoms with van der Waals surface area (Å²) in [6, 6.07) is 3.35. The molecular formula is C26H40B4F3N7O3S. The maximum absolute atomic E-state index is 13.7. The molecule has 18 heteroatoms. The third-order valence-electron chi connectivity index (χ3n) is 9.24. The molecular weight excluding hydrogens is 591 g/mol. The first-order valence-electron chi connectivity index (χ1n) is 14.5. The quantitative estimate of drug-likeness (QED) is 0.258. The Morgan fingerprint density at radius 3 is 2.48 bits per heavy atom. The molecule has 4 rings (SSSR count). The van der Waals surface area contributed by atoms with Gasteiger partial charge in [0.15, 0.2) is 0 Å². The summed E-state index contributed by atoms with van der Waals surface area (Å²) in [6.07, 6.45) is -0.147. The van der Waals surface area contributed by atoms with Gasteiger partial charge in [-0.3, -0.25) is 19.2 Å². The Labute approximate surface area is 264 Å². The van der Waals surface area contributed by atoms with E-state index in [0.717, 1.165) is 24.4 Å². The van der Waals surface area contributed by atoms with E-state index in [1.54, 1.807) is 49.8 Å². The lowest BCUT2D eigenvalue weighted by Crippen LogP contribution is -2.51. The van der Waals surface area contributed by atoms with Gasteiger partial charge in [-0.25, -0.2) is 4.98 Å². The zero-order valence-electron chi connectivity index (χ0n) is 27.0. The fourth-order valence-corrected chi connectivity index (χ4v) is 6.37. The summed E-state index contributed by atoms with van der Waals surface area (Å²) in [6.45, 7) is 8.10. The third-order valence-corrected chi connectivity index (χ3v) is 10.1. The molecule has 2 aliphatic rings. The number of hydrazine groups is 1. The number of nitrogens with zero attached hydrogens (tertiary/aromatic N) is 5. The van der Waals surface area contributed by atoms with E-state index in [9.17, 15) is 23.1 Å². The Kier molecular flexibility index (Phi) is 9.10. The van der Waals surface area contributed by atoms with Crippen molar-refractivity contribution in [1.29, 1.82) is 0 Å². The van der Waals surface area contributed by atoms with Crippen LogP contribution in [0.2, 0.25) is 5.21 Å². The zero-order chi connectivity index (χ0) is 33.0. The molecule has 2 atom stereocenters. The molecule has 2 aromatic rings. The van der Waals surface area contributed by atoms with Crippen molar-refractivity contribution >= 4 is 60.9 Å². The molecule has 4 heterocycles. The zero-order valence-corrected chi connectivity index (χ0v) is 27.8. The smallest absolute Gasteiger partial charge is 0.396 e. The van der Waals surface area contributed by atoms with Gasteiger partial charge in [-0.2, -0.15) is 23.7 Å². The Hall–Kier alpha value is -2.55. The molecule has 0 spiro atoms. The molecule has 44 heavy (non-hydrogen) atoms. The van der Waals surface area contributed by atoms with Gasteiger partial charge in [-0.15, -0.1) is 0 Å². The van der Waals surface area contributed by atoms with Crippen LogP contribution >= 0.6 is 11.9 Å². The van der Waals surface area contributed by atoms with Gasteiger partial charge in [0, 0.05) is 36.9 Å². The van der Waals surface area contributed by atoms with E-state index in [1.807, 2.05) is 20.2 Å². The summed E-state index contributed by atoms with van der Waals surface area (Å²) in [5.74, 6) is 0.336. The van der Waals surface area contributed by atoms with Crippen molar-refractivity contribution in [2.24, 2.45) is 18.4 Å². The number of hydrogen-bond acceptors (Lipinski definition) is 9. The van der Waals surface area contributed by atoms with E-state index in [2.05, 4.69) is 49.7 Å². The van der Waals surface area contributed by atoms with E-state index >= 15 is 0 Å². The largest absolute Gasteiger partial charge is 0.407 e. The Balaban J connectivity index is 1.65. The van der Waals surface area contributed by atoms with Crippen LogP contribution in [0.4, 0.5) is 24.8 Å². The molecule has 1 fully saturated rings. The molecule has 0 saturated carbocycles. The van der Waals surface area contributed by atoms with Gasteiger partial charge >= 0.3 is 6.18 Å². The number of halogens is 3. The Morgan fingerprint density at radius 1 is 1.27 bits per heavy atom. The standard InChI is InChI=1S/C26H40B4F3N7O3S/c1-14-16(11-38(6)35-14)44-37-21(41)15-7-8-18(40-10-9-19(36-40)43-13-22(2,3)26(31,32)33)34-20(15)39-12-17(25(29,30)42)24(27,28)23(39,4)5/h7-11,17,19,36,42H,12-13,27-30H2,1-6H3,(H,37,41). The molecule has 10 nitrogen and oxygen atoms in total. The molecule has 1 saturated heterocycles. The van der Waals surface area contributed by atoms with Crippen molar-refractivity contribution in [2.75, 3.05) is 23.1 Å². The highest BCUT2D eigenvalue weighted by molar-refractivity contribution is 7.98. The average molecular weight is 631 g/mol. The molecule has 0 radical (unpaired) electrons. The van der Waals surface area contributed by atoms with E-state index < -0.39 is 35.4 Å². The lowest BCUT2D eigenvalue weighted by atomic mass is 9.36. The number of carbonyl (C=O) groups excluding carboxylic acids is 1. The summed E-state index contributed by atoms with van der Waals surface area (Å²) in [5, 5.41) is 15.6. The van der Waals surface area contributed by atoms with Crippen LogP contribution < -0.4 is 20.1 Å². The summed E-state index contributed by atoms with van der Waals surface area (Å²) in [4.78, 5) is 21.5. The number of rotatable bonds is 9. The second kappa shape index (κ2) is 11.7. The molecule has 3 N–H and O–H groups in total. The number of aryl methyl sites for hydroxylation is 2. The van der Waals surface area contributed by atoms with Crippen LogP contribution in [-0.2, 0) is 11.8 Å². The normalized spacial score (nSPS) is 21.7. The Morgan fingerprint density at radius 2 is 1.93 bits per heavy atom.